The van der Waals surface area contributed by atoms with E-state index in [-0.39, 0.29) is 11.5 Å². The topological polar surface area (TPSA) is 42.0 Å². The first-order valence-corrected chi connectivity index (χ1v) is 11.4. The molecule has 0 N–H and O–H groups in total. The molecule has 29 heavy (non-hydrogen) atoms. The molecule has 2 atom stereocenters. The number of amides is 1. The van der Waals surface area contributed by atoms with Crippen molar-refractivity contribution in [2.24, 2.45) is 11.8 Å². The maximum absolute atomic E-state index is 13.7. The summed E-state index contributed by atoms with van der Waals surface area (Å²) in [5.41, 5.74) is 0.808. The first-order chi connectivity index (χ1) is 14.1. The molecule has 3 aliphatic heterocycles. The largest absolute Gasteiger partial charge is 0.485 e. The van der Waals surface area contributed by atoms with E-state index in [2.05, 4.69) is 35.8 Å². The highest BCUT2D eigenvalue weighted by molar-refractivity contribution is 5.79. The number of rotatable bonds is 4. The molecule has 0 aliphatic carbocycles. The van der Waals surface area contributed by atoms with E-state index in [1.54, 1.807) is 0 Å². The Bertz CT molecular complexity index is 701. The quantitative estimate of drug-likeness (QED) is 0.773. The van der Waals surface area contributed by atoms with E-state index in [0.717, 1.165) is 56.6 Å². The van der Waals surface area contributed by atoms with E-state index in [0.29, 0.717) is 38.1 Å². The van der Waals surface area contributed by atoms with Gasteiger partial charge in [0.2, 0.25) is 5.91 Å². The standard InChI is InChI=1S/C24H36N2O3/c1-3-19(2)15-25-12-6-8-21(16-25)23(27)26-17-20-7-4-5-9-22(20)29-24(18-26)10-13-28-14-11-24/h4-5,7,9,19,21H,3,6,8,10-18H2,1-2H3/t19-,21-/m0/s1. The van der Waals surface area contributed by atoms with Gasteiger partial charge in [-0.05, 0) is 31.4 Å². The molecule has 4 rings (SSSR count). The summed E-state index contributed by atoms with van der Waals surface area (Å²) in [5, 5.41) is 0. The van der Waals surface area contributed by atoms with E-state index in [1.165, 1.54) is 6.42 Å². The molecule has 5 nitrogen and oxygen atoms in total. The van der Waals surface area contributed by atoms with E-state index < -0.39 is 0 Å². The second-order valence-electron chi connectivity index (χ2n) is 9.31. The van der Waals surface area contributed by atoms with Crippen LogP contribution in [0.25, 0.3) is 0 Å². The van der Waals surface area contributed by atoms with Gasteiger partial charge >= 0.3 is 0 Å². The van der Waals surface area contributed by atoms with Crippen LogP contribution in [-0.2, 0) is 16.1 Å². The minimum absolute atomic E-state index is 0.106. The molecule has 1 aromatic rings. The fraction of sp³-hybridized carbons (Fsp3) is 0.708. The number of likely N-dealkylation sites (tertiary alicyclic amines) is 1. The first-order valence-electron chi connectivity index (χ1n) is 11.4. The monoisotopic (exact) mass is 400 g/mol. The van der Waals surface area contributed by atoms with Gasteiger partial charge in [0.05, 0.1) is 25.7 Å². The number of ether oxygens (including phenoxy) is 2. The number of carbonyl (C=O) groups excluding carboxylic acids is 1. The van der Waals surface area contributed by atoms with Crippen LogP contribution in [0.3, 0.4) is 0 Å². The Balaban J connectivity index is 1.52. The second kappa shape index (κ2) is 9.05. The van der Waals surface area contributed by atoms with Crippen LogP contribution in [0.2, 0.25) is 0 Å². The molecule has 0 saturated carbocycles. The molecule has 1 aromatic carbocycles. The van der Waals surface area contributed by atoms with Crippen molar-refractivity contribution in [1.29, 1.82) is 0 Å². The van der Waals surface area contributed by atoms with Crippen LogP contribution in [0.4, 0.5) is 0 Å². The lowest BCUT2D eigenvalue weighted by Gasteiger charge is -2.40. The molecule has 0 unspecified atom stereocenters. The minimum atomic E-state index is -0.314. The average Bonchev–Trinajstić information content (AvgIpc) is 2.90. The van der Waals surface area contributed by atoms with E-state index in [9.17, 15) is 4.79 Å². The average molecular weight is 401 g/mol. The number of hydrogen-bond acceptors (Lipinski definition) is 4. The molecule has 2 fully saturated rings. The van der Waals surface area contributed by atoms with Crippen molar-refractivity contribution < 1.29 is 14.3 Å². The Morgan fingerprint density at radius 3 is 2.86 bits per heavy atom. The van der Waals surface area contributed by atoms with Crippen LogP contribution in [0.1, 0.15) is 51.5 Å². The number of para-hydroxylation sites is 1. The highest BCUT2D eigenvalue weighted by atomic mass is 16.5. The fourth-order valence-corrected chi connectivity index (χ4v) is 5.02. The molecular weight excluding hydrogens is 364 g/mol. The summed E-state index contributed by atoms with van der Waals surface area (Å²) in [5.74, 6) is 2.04. The fourth-order valence-electron chi connectivity index (χ4n) is 5.02. The molecule has 160 valence electrons. The van der Waals surface area contributed by atoms with Gasteiger partial charge in [-0.3, -0.25) is 4.79 Å². The molecule has 3 heterocycles. The number of nitrogens with zero attached hydrogens (tertiary/aromatic N) is 2. The molecule has 0 aromatic heterocycles. The van der Waals surface area contributed by atoms with Crippen molar-refractivity contribution in [2.75, 3.05) is 39.4 Å². The van der Waals surface area contributed by atoms with Crippen LogP contribution in [-0.4, -0.2) is 60.7 Å². The van der Waals surface area contributed by atoms with Gasteiger partial charge in [0.1, 0.15) is 11.4 Å². The Labute approximate surface area is 175 Å². The number of fused-ring (bicyclic) bond motifs is 1. The van der Waals surface area contributed by atoms with Gasteiger partial charge < -0.3 is 19.3 Å². The Morgan fingerprint density at radius 2 is 2.07 bits per heavy atom. The predicted octanol–water partition coefficient (Wildman–Crippen LogP) is 3.71. The maximum atomic E-state index is 13.7. The van der Waals surface area contributed by atoms with Gasteiger partial charge in [-0.2, -0.15) is 0 Å². The van der Waals surface area contributed by atoms with Crippen LogP contribution in [0.5, 0.6) is 5.75 Å². The molecule has 1 amide bonds. The Kier molecular flexibility index (Phi) is 6.45. The summed E-state index contributed by atoms with van der Waals surface area (Å²) in [4.78, 5) is 18.3. The smallest absolute Gasteiger partial charge is 0.227 e. The van der Waals surface area contributed by atoms with Crippen LogP contribution in [0, 0.1) is 11.8 Å². The Hall–Kier alpha value is -1.59. The summed E-state index contributed by atoms with van der Waals surface area (Å²) < 4.78 is 12.2. The number of hydrogen-bond donors (Lipinski definition) is 0. The number of carbonyl (C=O) groups is 1. The summed E-state index contributed by atoms with van der Waals surface area (Å²) in [7, 11) is 0. The maximum Gasteiger partial charge on any atom is 0.227 e. The molecule has 0 bridgehead atoms. The van der Waals surface area contributed by atoms with Crippen molar-refractivity contribution in [3.63, 3.8) is 0 Å². The number of benzene rings is 1. The molecular formula is C24H36N2O3. The van der Waals surface area contributed by atoms with Gasteiger partial charge in [0, 0.05) is 38.0 Å². The van der Waals surface area contributed by atoms with Crippen molar-refractivity contribution in [3.05, 3.63) is 29.8 Å². The van der Waals surface area contributed by atoms with Crippen LogP contribution < -0.4 is 4.74 Å². The van der Waals surface area contributed by atoms with E-state index in [1.807, 2.05) is 12.1 Å². The van der Waals surface area contributed by atoms with E-state index >= 15 is 0 Å². The zero-order valence-electron chi connectivity index (χ0n) is 18.1. The summed E-state index contributed by atoms with van der Waals surface area (Å²) in [6.45, 7) is 10.4. The van der Waals surface area contributed by atoms with Gasteiger partial charge in [-0.1, -0.05) is 38.5 Å². The first kappa shape index (κ1) is 20.7. The lowest BCUT2D eigenvalue weighted by atomic mass is 9.91. The molecule has 0 radical (unpaired) electrons. The SMILES string of the molecule is CC[C@H](C)CN1CCC[C@H](C(=O)N2Cc3ccccc3OC3(CCOCC3)C2)C1. The minimum Gasteiger partial charge on any atom is -0.485 e. The highest BCUT2D eigenvalue weighted by Gasteiger charge is 2.42. The molecule has 3 aliphatic rings. The van der Waals surface area contributed by atoms with Crippen molar-refractivity contribution in [3.8, 4) is 5.75 Å². The van der Waals surface area contributed by atoms with Crippen LogP contribution in [0.15, 0.2) is 24.3 Å². The van der Waals surface area contributed by atoms with Crippen LogP contribution >= 0.6 is 0 Å². The number of piperidine rings is 1. The molecule has 1 spiro atoms. The zero-order valence-corrected chi connectivity index (χ0v) is 18.1. The van der Waals surface area contributed by atoms with Gasteiger partial charge in [0.25, 0.3) is 0 Å². The normalized spacial score (nSPS) is 25.7. The summed E-state index contributed by atoms with van der Waals surface area (Å²) in [6.07, 6.45) is 5.00. The second-order valence-corrected chi connectivity index (χ2v) is 9.31. The zero-order chi connectivity index (χ0) is 20.3. The van der Waals surface area contributed by atoms with Crippen molar-refractivity contribution >= 4 is 5.91 Å². The third kappa shape index (κ3) is 4.77. The third-order valence-corrected chi connectivity index (χ3v) is 6.98. The lowest BCUT2D eigenvalue weighted by Crippen LogP contribution is -2.53. The summed E-state index contributed by atoms with van der Waals surface area (Å²) in [6, 6.07) is 8.22. The Morgan fingerprint density at radius 1 is 1.28 bits per heavy atom. The molecule has 2 saturated heterocycles. The van der Waals surface area contributed by atoms with Crippen molar-refractivity contribution in [1.82, 2.24) is 9.80 Å². The summed E-state index contributed by atoms with van der Waals surface area (Å²) >= 11 is 0. The highest BCUT2D eigenvalue weighted by Crippen LogP contribution is 2.36. The van der Waals surface area contributed by atoms with Gasteiger partial charge in [-0.25, -0.2) is 0 Å². The van der Waals surface area contributed by atoms with E-state index in [4.69, 9.17) is 9.47 Å². The lowest BCUT2D eigenvalue weighted by molar-refractivity contribution is -0.142. The van der Waals surface area contributed by atoms with Gasteiger partial charge in [-0.15, -0.1) is 0 Å². The van der Waals surface area contributed by atoms with Gasteiger partial charge in [0.15, 0.2) is 0 Å². The predicted molar refractivity (Wildman–Crippen MR) is 114 cm³/mol. The molecule has 5 heteroatoms. The van der Waals surface area contributed by atoms with Crippen molar-refractivity contribution in [2.45, 2.75) is 58.1 Å². The third-order valence-electron chi connectivity index (χ3n) is 6.98.